The number of hydrogen-bond donors (Lipinski definition) is 0. The van der Waals surface area contributed by atoms with Crippen molar-refractivity contribution in [2.75, 3.05) is 7.11 Å². The second-order valence-electron chi connectivity index (χ2n) is 2.84. The maximum atomic E-state index is 11.6. The SMILES string of the molecule is COC(=O)c1cc(Br)c(=O)n(C)c1CBr. The summed E-state index contributed by atoms with van der Waals surface area (Å²) in [6, 6.07) is 1.48. The standard InChI is InChI=1S/C9H9Br2NO3/c1-12-7(4-10)5(9(14)15-2)3-6(11)8(12)13/h3H,4H2,1-2H3. The molecule has 0 aromatic carbocycles. The van der Waals surface area contributed by atoms with Gasteiger partial charge in [-0.3, -0.25) is 4.79 Å². The Morgan fingerprint density at radius 3 is 2.67 bits per heavy atom. The summed E-state index contributed by atoms with van der Waals surface area (Å²) in [5, 5.41) is 0.413. The minimum absolute atomic E-state index is 0.183. The van der Waals surface area contributed by atoms with Crippen LogP contribution in [0.1, 0.15) is 16.1 Å². The van der Waals surface area contributed by atoms with E-state index in [0.717, 1.165) is 0 Å². The normalized spacial score (nSPS) is 10.1. The number of hydrogen-bond acceptors (Lipinski definition) is 3. The quantitative estimate of drug-likeness (QED) is 0.610. The maximum Gasteiger partial charge on any atom is 0.339 e. The summed E-state index contributed by atoms with van der Waals surface area (Å²) in [5.41, 5.74) is 0.788. The molecule has 1 aromatic heterocycles. The molecular formula is C9H9Br2NO3. The second-order valence-corrected chi connectivity index (χ2v) is 4.26. The van der Waals surface area contributed by atoms with Crippen LogP contribution in [-0.4, -0.2) is 17.6 Å². The molecule has 0 aliphatic carbocycles. The van der Waals surface area contributed by atoms with Crippen molar-refractivity contribution >= 4 is 37.8 Å². The first-order valence-corrected chi connectivity index (χ1v) is 5.97. The van der Waals surface area contributed by atoms with Gasteiger partial charge in [-0.15, -0.1) is 0 Å². The van der Waals surface area contributed by atoms with Crippen LogP contribution in [0.2, 0.25) is 0 Å². The molecule has 0 atom stereocenters. The summed E-state index contributed by atoms with van der Waals surface area (Å²) in [6.45, 7) is 0. The zero-order valence-electron chi connectivity index (χ0n) is 8.21. The average Bonchev–Trinajstić information content (AvgIpc) is 2.24. The fourth-order valence-corrected chi connectivity index (χ4v) is 2.36. The van der Waals surface area contributed by atoms with Gasteiger partial charge in [0.2, 0.25) is 0 Å². The second kappa shape index (κ2) is 4.94. The monoisotopic (exact) mass is 337 g/mol. The molecule has 0 unspecified atom stereocenters. The fourth-order valence-electron chi connectivity index (χ4n) is 1.18. The molecule has 82 valence electrons. The zero-order chi connectivity index (χ0) is 11.6. The summed E-state index contributed by atoms with van der Waals surface area (Å²) in [4.78, 5) is 23.0. The van der Waals surface area contributed by atoms with E-state index in [1.54, 1.807) is 7.05 Å². The number of carbonyl (C=O) groups is 1. The van der Waals surface area contributed by atoms with E-state index in [9.17, 15) is 9.59 Å². The minimum atomic E-state index is -0.458. The molecule has 0 aliphatic heterocycles. The summed E-state index contributed by atoms with van der Waals surface area (Å²) in [6.07, 6.45) is 0. The molecular weight excluding hydrogens is 330 g/mol. The summed E-state index contributed by atoms with van der Waals surface area (Å²) in [7, 11) is 2.91. The van der Waals surface area contributed by atoms with Gasteiger partial charge in [0, 0.05) is 18.1 Å². The van der Waals surface area contributed by atoms with Gasteiger partial charge in [-0.2, -0.15) is 0 Å². The van der Waals surface area contributed by atoms with Gasteiger partial charge in [-0.25, -0.2) is 4.79 Å². The van der Waals surface area contributed by atoms with Gasteiger partial charge in [-0.05, 0) is 22.0 Å². The van der Waals surface area contributed by atoms with Crippen LogP contribution >= 0.6 is 31.9 Å². The molecule has 0 radical (unpaired) electrons. The highest BCUT2D eigenvalue weighted by atomic mass is 79.9. The maximum absolute atomic E-state index is 11.6. The number of pyridine rings is 1. The van der Waals surface area contributed by atoms with Crippen molar-refractivity contribution < 1.29 is 9.53 Å². The van der Waals surface area contributed by atoms with Crippen LogP contribution < -0.4 is 5.56 Å². The van der Waals surface area contributed by atoms with Crippen LogP contribution in [0, 0.1) is 0 Å². The van der Waals surface area contributed by atoms with E-state index in [1.165, 1.54) is 17.7 Å². The van der Waals surface area contributed by atoms with Gasteiger partial charge in [0.15, 0.2) is 0 Å². The molecule has 1 aromatic rings. The minimum Gasteiger partial charge on any atom is -0.465 e. The van der Waals surface area contributed by atoms with Crippen molar-refractivity contribution in [1.82, 2.24) is 4.57 Å². The molecule has 0 saturated carbocycles. The Labute approximate surface area is 103 Å². The Hall–Kier alpha value is -0.620. The number of halogens is 2. The van der Waals surface area contributed by atoms with E-state index >= 15 is 0 Å². The predicted octanol–water partition coefficient (Wildman–Crippen LogP) is 1.83. The van der Waals surface area contributed by atoms with Crippen molar-refractivity contribution in [1.29, 1.82) is 0 Å². The molecule has 0 amide bonds. The highest BCUT2D eigenvalue weighted by Gasteiger charge is 2.16. The van der Waals surface area contributed by atoms with Crippen molar-refractivity contribution in [3.05, 3.63) is 32.2 Å². The van der Waals surface area contributed by atoms with Crippen molar-refractivity contribution in [2.24, 2.45) is 7.05 Å². The Morgan fingerprint density at radius 2 is 2.20 bits per heavy atom. The Morgan fingerprint density at radius 1 is 1.60 bits per heavy atom. The van der Waals surface area contributed by atoms with E-state index in [1.807, 2.05) is 0 Å². The lowest BCUT2D eigenvalue weighted by Gasteiger charge is -2.10. The van der Waals surface area contributed by atoms with Crippen LogP contribution in [0.4, 0.5) is 0 Å². The van der Waals surface area contributed by atoms with Gasteiger partial charge in [0.1, 0.15) is 0 Å². The third kappa shape index (κ3) is 2.31. The fraction of sp³-hybridized carbons (Fsp3) is 0.333. The number of aromatic nitrogens is 1. The van der Waals surface area contributed by atoms with Gasteiger partial charge >= 0.3 is 5.97 Å². The van der Waals surface area contributed by atoms with Crippen LogP contribution in [0.15, 0.2) is 15.3 Å². The summed E-state index contributed by atoms with van der Waals surface area (Å²) < 4.78 is 6.38. The van der Waals surface area contributed by atoms with E-state index in [0.29, 0.717) is 21.1 Å². The Bertz CT molecular complexity index is 453. The number of rotatable bonds is 2. The topological polar surface area (TPSA) is 48.3 Å². The molecule has 15 heavy (non-hydrogen) atoms. The summed E-state index contributed by atoms with van der Waals surface area (Å²) in [5.74, 6) is -0.458. The van der Waals surface area contributed by atoms with Crippen LogP contribution in [0.5, 0.6) is 0 Å². The third-order valence-corrected chi connectivity index (χ3v) is 3.13. The van der Waals surface area contributed by atoms with Crippen LogP contribution in [0.3, 0.4) is 0 Å². The summed E-state index contributed by atoms with van der Waals surface area (Å²) >= 11 is 6.33. The van der Waals surface area contributed by atoms with E-state index in [4.69, 9.17) is 0 Å². The predicted molar refractivity (Wildman–Crippen MR) is 63.4 cm³/mol. The lowest BCUT2D eigenvalue weighted by molar-refractivity contribution is 0.0598. The number of alkyl halides is 1. The molecule has 1 heterocycles. The molecule has 1 rings (SSSR count). The van der Waals surface area contributed by atoms with Gasteiger partial charge in [0.25, 0.3) is 5.56 Å². The van der Waals surface area contributed by atoms with E-state index in [-0.39, 0.29) is 5.56 Å². The van der Waals surface area contributed by atoms with Crippen LogP contribution in [0.25, 0.3) is 0 Å². The van der Waals surface area contributed by atoms with Crippen molar-refractivity contribution in [2.45, 2.75) is 5.33 Å². The Balaban J connectivity index is 3.52. The van der Waals surface area contributed by atoms with Crippen molar-refractivity contribution in [3.8, 4) is 0 Å². The van der Waals surface area contributed by atoms with E-state index < -0.39 is 5.97 Å². The molecule has 0 fully saturated rings. The lowest BCUT2D eigenvalue weighted by atomic mass is 10.2. The largest absolute Gasteiger partial charge is 0.465 e. The number of carbonyl (C=O) groups excluding carboxylic acids is 1. The number of ether oxygens (including phenoxy) is 1. The Kier molecular flexibility index (Phi) is 4.10. The number of esters is 1. The zero-order valence-corrected chi connectivity index (χ0v) is 11.4. The lowest BCUT2D eigenvalue weighted by Crippen LogP contribution is -2.24. The molecule has 4 nitrogen and oxygen atoms in total. The molecule has 0 spiro atoms. The molecule has 0 aliphatic rings. The van der Waals surface area contributed by atoms with E-state index in [2.05, 4.69) is 36.6 Å². The third-order valence-electron chi connectivity index (χ3n) is 2.03. The number of methoxy groups -OCH3 is 1. The average molecular weight is 339 g/mol. The van der Waals surface area contributed by atoms with Gasteiger partial charge in [0.05, 0.1) is 17.1 Å². The highest BCUT2D eigenvalue weighted by Crippen LogP contribution is 2.15. The first kappa shape index (κ1) is 12.4. The van der Waals surface area contributed by atoms with Gasteiger partial charge < -0.3 is 9.30 Å². The van der Waals surface area contributed by atoms with Crippen LogP contribution in [-0.2, 0) is 17.1 Å². The molecule has 6 heteroatoms. The highest BCUT2D eigenvalue weighted by molar-refractivity contribution is 9.10. The first-order valence-electron chi connectivity index (χ1n) is 4.05. The molecule has 0 N–H and O–H groups in total. The van der Waals surface area contributed by atoms with Crippen molar-refractivity contribution in [3.63, 3.8) is 0 Å². The van der Waals surface area contributed by atoms with Gasteiger partial charge in [-0.1, -0.05) is 15.9 Å². The molecule has 0 bridgehead atoms. The first-order chi connectivity index (χ1) is 7.02. The smallest absolute Gasteiger partial charge is 0.339 e. The molecule has 0 saturated heterocycles. The number of nitrogens with zero attached hydrogens (tertiary/aromatic N) is 1.